The first-order valence-corrected chi connectivity index (χ1v) is 8.02. The summed E-state index contributed by atoms with van der Waals surface area (Å²) in [7, 11) is 0. The van der Waals surface area contributed by atoms with Gasteiger partial charge in [0.1, 0.15) is 0 Å². The largest absolute Gasteiger partial charge is 0.377 e. The van der Waals surface area contributed by atoms with Crippen molar-refractivity contribution in [3.05, 3.63) is 29.8 Å². The Bertz CT molecular complexity index is 333. The standard InChI is InChI=1S/C15H23NOS/c1-18-15-4-2-14(3-5-15)12-17-11-8-13-6-9-16-10-7-13/h2-5,13,16H,6-12H2,1H3. The minimum absolute atomic E-state index is 0.750. The Morgan fingerprint density at radius 1 is 1.22 bits per heavy atom. The molecule has 0 amide bonds. The Balaban J connectivity index is 1.62. The fourth-order valence-electron chi connectivity index (χ4n) is 2.33. The summed E-state index contributed by atoms with van der Waals surface area (Å²) in [4.78, 5) is 1.31. The lowest BCUT2D eigenvalue weighted by atomic mass is 9.95. The molecule has 1 fully saturated rings. The average molecular weight is 265 g/mol. The van der Waals surface area contributed by atoms with Gasteiger partial charge in [-0.2, -0.15) is 0 Å². The molecule has 1 aromatic rings. The average Bonchev–Trinajstić information content (AvgIpc) is 2.45. The third-order valence-corrected chi connectivity index (χ3v) is 4.30. The van der Waals surface area contributed by atoms with Gasteiger partial charge in [0.05, 0.1) is 6.61 Å². The van der Waals surface area contributed by atoms with Gasteiger partial charge in [0.25, 0.3) is 0 Å². The van der Waals surface area contributed by atoms with Crippen LogP contribution in [0.2, 0.25) is 0 Å². The van der Waals surface area contributed by atoms with Crippen molar-refractivity contribution in [3.63, 3.8) is 0 Å². The lowest BCUT2D eigenvalue weighted by molar-refractivity contribution is 0.103. The van der Waals surface area contributed by atoms with Crippen molar-refractivity contribution in [2.45, 2.75) is 30.8 Å². The van der Waals surface area contributed by atoms with Crippen LogP contribution in [0.3, 0.4) is 0 Å². The van der Waals surface area contributed by atoms with E-state index in [2.05, 4.69) is 35.8 Å². The van der Waals surface area contributed by atoms with E-state index in [0.717, 1.165) is 19.1 Å². The number of thioether (sulfide) groups is 1. The molecule has 1 aliphatic heterocycles. The molecule has 2 nitrogen and oxygen atoms in total. The SMILES string of the molecule is CSc1ccc(COCCC2CCNCC2)cc1. The minimum Gasteiger partial charge on any atom is -0.377 e. The number of hydrogen-bond acceptors (Lipinski definition) is 3. The van der Waals surface area contributed by atoms with Gasteiger partial charge in [-0.15, -0.1) is 11.8 Å². The van der Waals surface area contributed by atoms with Crippen LogP contribution in [0, 0.1) is 5.92 Å². The number of benzene rings is 1. The number of ether oxygens (including phenoxy) is 1. The first kappa shape index (κ1) is 13.9. The summed E-state index contributed by atoms with van der Waals surface area (Å²) in [5.41, 5.74) is 1.28. The normalized spacial score (nSPS) is 16.9. The molecule has 2 rings (SSSR count). The molecule has 0 saturated carbocycles. The molecule has 1 aliphatic rings. The molecule has 0 aliphatic carbocycles. The van der Waals surface area contributed by atoms with E-state index < -0.39 is 0 Å². The molecule has 0 atom stereocenters. The summed E-state index contributed by atoms with van der Waals surface area (Å²) in [6.45, 7) is 4.01. The van der Waals surface area contributed by atoms with E-state index in [9.17, 15) is 0 Å². The highest BCUT2D eigenvalue weighted by Gasteiger charge is 2.12. The second-order valence-electron chi connectivity index (χ2n) is 4.88. The van der Waals surface area contributed by atoms with Crippen molar-refractivity contribution in [2.24, 2.45) is 5.92 Å². The Kier molecular flexibility index (Phi) is 6.05. The summed E-state index contributed by atoms with van der Waals surface area (Å²) < 4.78 is 5.77. The van der Waals surface area contributed by atoms with Crippen molar-refractivity contribution in [1.82, 2.24) is 5.32 Å². The summed E-state index contributed by atoms with van der Waals surface area (Å²) in [6, 6.07) is 8.65. The Hall–Kier alpha value is -0.510. The van der Waals surface area contributed by atoms with E-state index in [1.807, 2.05) is 0 Å². The van der Waals surface area contributed by atoms with Crippen LogP contribution >= 0.6 is 11.8 Å². The zero-order valence-electron chi connectivity index (χ0n) is 11.2. The summed E-state index contributed by atoms with van der Waals surface area (Å²) >= 11 is 1.78. The van der Waals surface area contributed by atoms with E-state index in [4.69, 9.17) is 4.74 Å². The van der Waals surface area contributed by atoms with Gasteiger partial charge in [-0.3, -0.25) is 0 Å². The third kappa shape index (κ3) is 4.63. The lowest BCUT2D eigenvalue weighted by Crippen LogP contribution is -2.28. The van der Waals surface area contributed by atoms with Gasteiger partial charge in [0.2, 0.25) is 0 Å². The maximum absolute atomic E-state index is 5.77. The Morgan fingerprint density at radius 2 is 1.94 bits per heavy atom. The predicted molar refractivity (Wildman–Crippen MR) is 78.1 cm³/mol. The lowest BCUT2D eigenvalue weighted by Gasteiger charge is -2.22. The molecule has 1 N–H and O–H groups in total. The highest BCUT2D eigenvalue weighted by Crippen LogP contribution is 2.17. The maximum atomic E-state index is 5.77. The topological polar surface area (TPSA) is 21.3 Å². The number of hydrogen-bond donors (Lipinski definition) is 1. The molecule has 0 radical (unpaired) electrons. The van der Waals surface area contributed by atoms with Gasteiger partial charge < -0.3 is 10.1 Å². The van der Waals surface area contributed by atoms with Crippen LogP contribution in [0.1, 0.15) is 24.8 Å². The van der Waals surface area contributed by atoms with Crippen LogP contribution in [0.5, 0.6) is 0 Å². The van der Waals surface area contributed by atoms with Crippen molar-refractivity contribution in [3.8, 4) is 0 Å². The minimum atomic E-state index is 0.750. The second kappa shape index (κ2) is 7.82. The smallest absolute Gasteiger partial charge is 0.0716 e. The van der Waals surface area contributed by atoms with E-state index in [0.29, 0.717) is 0 Å². The van der Waals surface area contributed by atoms with E-state index in [-0.39, 0.29) is 0 Å². The Labute approximate surface area is 114 Å². The fourth-order valence-corrected chi connectivity index (χ4v) is 2.74. The first-order chi connectivity index (χ1) is 8.88. The molecule has 1 aromatic carbocycles. The predicted octanol–water partition coefficient (Wildman–Crippen LogP) is 3.31. The van der Waals surface area contributed by atoms with Gasteiger partial charge in [0, 0.05) is 11.5 Å². The Morgan fingerprint density at radius 3 is 2.61 bits per heavy atom. The molecule has 0 bridgehead atoms. The number of nitrogens with one attached hydrogen (secondary N) is 1. The van der Waals surface area contributed by atoms with Crippen LogP contribution < -0.4 is 5.32 Å². The zero-order valence-corrected chi connectivity index (χ0v) is 12.0. The molecule has 0 spiro atoms. The molecular weight excluding hydrogens is 242 g/mol. The van der Waals surface area contributed by atoms with Gasteiger partial charge in [-0.1, -0.05) is 12.1 Å². The van der Waals surface area contributed by atoms with Gasteiger partial charge in [0.15, 0.2) is 0 Å². The van der Waals surface area contributed by atoms with Crippen molar-refractivity contribution >= 4 is 11.8 Å². The molecule has 0 unspecified atom stereocenters. The van der Waals surface area contributed by atoms with E-state index in [1.54, 1.807) is 11.8 Å². The molecular formula is C15H23NOS. The van der Waals surface area contributed by atoms with Crippen LogP contribution in [0.25, 0.3) is 0 Å². The van der Waals surface area contributed by atoms with Gasteiger partial charge >= 0.3 is 0 Å². The number of rotatable bonds is 6. The molecule has 1 heterocycles. The molecule has 1 saturated heterocycles. The van der Waals surface area contributed by atoms with Crippen LogP contribution in [0.4, 0.5) is 0 Å². The second-order valence-corrected chi connectivity index (χ2v) is 5.76. The van der Waals surface area contributed by atoms with Crippen LogP contribution in [0.15, 0.2) is 29.2 Å². The summed E-state index contributed by atoms with van der Waals surface area (Å²) in [5.74, 6) is 0.866. The number of piperidine rings is 1. The van der Waals surface area contributed by atoms with E-state index >= 15 is 0 Å². The first-order valence-electron chi connectivity index (χ1n) is 6.80. The third-order valence-electron chi connectivity index (χ3n) is 3.56. The molecule has 3 heteroatoms. The molecule has 18 heavy (non-hydrogen) atoms. The van der Waals surface area contributed by atoms with Gasteiger partial charge in [-0.25, -0.2) is 0 Å². The molecule has 100 valence electrons. The fraction of sp³-hybridized carbons (Fsp3) is 0.600. The quantitative estimate of drug-likeness (QED) is 0.630. The van der Waals surface area contributed by atoms with Crippen molar-refractivity contribution < 1.29 is 4.74 Å². The summed E-state index contributed by atoms with van der Waals surface area (Å²) in [6.07, 6.45) is 5.94. The van der Waals surface area contributed by atoms with E-state index in [1.165, 1.54) is 42.8 Å². The zero-order chi connectivity index (χ0) is 12.6. The molecule has 0 aromatic heterocycles. The van der Waals surface area contributed by atoms with Crippen molar-refractivity contribution in [1.29, 1.82) is 0 Å². The van der Waals surface area contributed by atoms with Crippen LogP contribution in [-0.4, -0.2) is 26.0 Å². The summed E-state index contributed by atoms with van der Waals surface area (Å²) in [5, 5.41) is 3.40. The van der Waals surface area contributed by atoms with Gasteiger partial charge in [-0.05, 0) is 62.2 Å². The highest BCUT2D eigenvalue weighted by molar-refractivity contribution is 7.98. The monoisotopic (exact) mass is 265 g/mol. The van der Waals surface area contributed by atoms with Crippen LogP contribution in [-0.2, 0) is 11.3 Å². The maximum Gasteiger partial charge on any atom is 0.0716 e. The van der Waals surface area contributed by atoms with Crippen molar-refractivity contribution in [2.75, 3.05) is 26.0 Å². The highest BCUT2D eigenvalue weighted by atomic mass is 32.2.